The molecule has 134 valence electrons. The van der Waals surface area contributed by atoms with Crippen LogP contribution in [-0.2, 0) is 10.0 Å². The Morgan fingerprint density at radius 1 is 1.00 bits per heavy atom. The fraction of sp³-hybridized carbons (Fsp3) is 0.0556. The average molecular weight is 374 g/mol. The molecule has 1 atom stereocenters. The molecule has 0 aliphatic heterocycles. The number of nitrogens with zero attached hydrogens (tertiary/aromatic N) is 1. The van der Waals surface area contributed by atoms with Crippen LogP contribution in [0.3, 0.4) is 0 Å². The van der Waals surface area contributed by atoms with E-state index in [0.717, 1.165) is 12.3 Å². The molecule has 8 heteroatoms. The Hall–Kier alpha value is -2.97. The fourth-order valence-corrected chi connectivity index (χ4v) is 3.26. The van der Waals surface area contributed by atoms with E-state index in [1.807, 2.05) is 0 Å². The number of phenols is 1. The van der Waals surface area contributed by atoms with E-state index in [4.69, 9.17) is 4.74 Å². The minimum absolute atomic E-state index is 0.0404. The van der Waals surface area contributed by atoms with E-state index < -0.39 is 22.1 Å². The van der Waals surface area contributed by atoms with Gasteiger partial charge in [-0.25, -0.2) is 12.8 Å². The topological polar surface area (TPSA) is 88.5 Å². The maximum Gasteiger partial charge on any atom is 0.243 e. The van der Waals surface area contributed by atoms with Gasteiger partial charge in [-0.15, -0.1) is 0 Å². The molecule has 0 spiro atoms. The van der Waals surface area contributed by atoms with Crippen molar-refractivity contribution >= 4 is 10.0 Å². The van der Waals surface area contributed by atoms with Crippen molar-refractivity contribution in [3.63, 3.8) is 0 Å². The van der Waals surface area contributed by atoms with Crippen molar-refractivity contribution in [1.82, 2.24) is 9.71 Å². The molecular weight excluding hydrogens is 359 g/mol. The van der Waals surface area contributed by atoms with Crippen LogP contribution in [0.1, 0.15) is 11.9 Å². The van der Waals surface area contributed by atoms with Gasteiger partial charge in [0.05, 0.1) is 16.8 Å². The maximum atomic E-state index is 13.2. The van der Waals surface area contributed by atoms with Crippen molar-refractivity contribution in [2.75, 3.05) is 0 Å². The Labute approximate surface area is 150 Å². The molecule has 0 amide bonds. The Balaban J connectivity index is 1.92. The molecule has 3 rings (SSSR count). The van der Waals surface area contributed by atoms with E-state index in [1.54, 1.807) is 18.2 Å². The van der Waals surface area contributed by atoms with Crippen LogP contribution in [0.5, 0.6) is 11.5 Å². The van der Waals surface area contributed by atoms with Crippen LogP contribution < -0.4 is 9.46 Å². The Bertz CT molecular complexity index is 962. The van der Waals surface area contributed by atoms with E-state index in [0.29, 0.717) is 5.75 Å². The number of aromatic nitrogens is 1. The van der Waals surface area contributed by atoms with Crippen LogP contribution in [0.25, 0.3) is 0 Å². The summed E-state index contributed by atoms with van der Waals surface area (Å²) in [7, 11) is -3.90. The molecule has 2 aromatic carbocycles. The number of hydrogen-bond donors (Lipinski definition) is 2. The van der Waals surface area contributed by atoms with E-state index in [2.05, 4.69) is 9.71 Å². The molecule has 6 nitrogen and oxygen atoms in total. The third kappa shape index (κ3) is 4.35. The van der Waals surface area contributed by atoms with E-state index in [1.165, 1.54) is 42.5 Å². The molecule has 2 N–H and O–H groups in total. The van der Waals surface area contributed by atoms with Crippen LogP contribution in [0.4, 0.5) is 4.39 Å². The number of halogens is 1. The Morgan fingerprint density at radius 2 is 1.69 bits per heavy atom. The van der Waals surface area contributed by atoms with Crippen LogP contribution in [0.15, 0.2) is 77.8 Å². The number of benzene rings is 2. The second-order valence-electron chi connectivity index (χ2n) is 5.33. The van der Waals surface area contributed by atoms with Crippen LogP contribution in [0.2, 0.25) is 0 Å². The highest BCUT2D eigenvalue weighted by molar-refractivity contribution is 7.89. The predicted molar refractivity (Wildman–Crippen MR) is 92.4 cm³/mol. The van der Waals surface area contributed by atoms with Crippen molar-refractivity contribution in [2.45, 2.75) is 11.1 Å². The van der Waals surface area contributed by atoms with Gasteiger partial charge >= 0.3 is 0 Å². The third-order valence-electron chi connectivity index (χ3n) is 3.43. The van der Waals surface area contributed by atoms with E-state index in [-0.39, 0.29) is 16.3 Å². The third-order valence-corrected chi connectivity index (χ3v) is 4.84. The molecular formula is C18H15FN2O4S. The summed E-state index contributed by atoms with van der Waals surface area (Å²) in [5.41, 5.74) is 0.180. The summed E-state index contributed by atoms with van der Waals surface area (Å²) in [6.07, 6.45) is -0.218. The van der Waals surface area contributed by atoms with Crippen LogP contribution >= 0.6 is 0 Å². The van der Waals surface area contributed by atoms with Gasteiger partial charge < -0.3 is 9.84 Å². The van der Waals surface area contributed by atoms with E-state index >= 15 is 0 Å². The summed E-state index contributed by atoms with van der Waals surface area (Å²) in [4.78, 5) is 3.95. The standard InChI is InChI=1S/C18H15FN2O4S/c19-13-6-11-17(20-12-13)18(25-15-9-7-14(22)8-10-15)21-26(23,24)16-4-2-1-3-5-16/h1-12,18,21-22H. The van der Waals surface area contributed by atoms with Gasteiger partial charge in [0.2, 0.25) is 16.3 Å². The average Bonchev–Trinajstić information content (AvgIpc) is 2.64. The van der Waals surface area contributed by atoms with Crippen LogP contribution in [-0.4, -0.2) is 18.5 Å². The molecule has 0 saturated heterocycles. The Kier molecular flexibility index (Phi) is 5.15. The van der Waals surface area contributed by atoms with Crippen molar-refractivity contribution < 1.29 is 22.7 Å². The zero-order valence-electron chi connectivity index (χ0n) is 13.4. The molecule has 3 aromatic rings. The van der Waals surface area contributed by atoms with Crippen molar-refractivity contribution in [2.24, 2.45) is 0 Å². The van der Waals surface area contributed by atoms with Crippen molar-refractivity contribution in [3.8, 4) is 11.5 Å². The summed E-state index contributed by atoms with van der Waals surface area (Å²) < 4.78 is 46.4. The zero-order valence-corrected chi connectivity index (χ0v) is 14.2. The number of phenolic OH excluding ortho intramolecular Hbond substituents is 1. The van der Waals surface area contributed by atoms with Gasteiger partial charge in [-0.3, -0.25) is 4.98 Å². The first-order chi connectivity index (χ1) is 12.4. The number of aromatic hydroxyl groups is 1. The van der Waals surface area contributed by atoms with Crippen molar-refractivity contribution in [1.29, 1.82) is 0 Å². The second-order valence-corrected chi connectivity index (χ2v) is 7.04. The van der Waals surface area contributed by atoms with Crippen LogP contribution in [0, 0.1) is 5.82 Å². The predicted octanol–water partition coefficient (Wildman–Crippen LogP) is 2.98. The lowest BCUT2D eigenvalue weighted by Gasteiger charge is -2.20. The Morgan fingerprint density at radius 3 is 2.31 bits per heavy atom. The zero-order chi connectivity index (χ0) is 18.6. The van der Waals surface area contributed by atoms with Gasteiger partial charge in [0.1, 0.15) is 17.3 Å². The second kappa shape index (κ2) is 7.51. The van der Waals surface area contributed by atoms with Gasteiger partial charge in [-0.2, -0.15) is 4.72 Å². The summed E-state index contributed by atoms with van der Waals surface area (Å²) in [5, 5.41) is 9.35. The number of pyridine rings is 1. The van der Waals surface area contributed by atoms with Gasteiger partial charge in [0.15, 0.2) is 0 Å². The van der Waals surface area contributed by atoms with Crippen molar-refractivity contribution in [3.05, 3.63) is 84.4 Å². The monoisotopic (exact) mass is 374 g/mol. The summed E-state index contributed by atoms with van der Waals surface area (Å²) in [5.74, 6) is -0.212. The molecule has 1 unspecified atom stereocenters. The molecule has 0 aliphatic rings. The number of nitrogens with one attached hydrogen (secondary N) is 1. The first-order valence-electron chi connectivity index (χ1n) is 7.58. The van der Waals surface area contributed by atoms with Gasteiger partial charge in [-0.1, -0.05) is 18.2 Å². The quantitative estimate of drug-likeness (QED) is 0.648. The fourth-order valence-electron chi connectivity index (χ4n) is 2.16. The molecule has 0 fully saturated rings. The summed E-state index contributed by atoms with van der Waals surface area (Å²) in [6.45, 7) is 0. The highest BCUT2D eigenvalue weighted by atomic mass is 32.2. The van der Waals surface area contributed by atoms with Gasteiger partial charge in [0.25, 0.3) is 0 Å². The molecule has 0 aliphatic carbocycles. The molecule has 26 heavy (non-hydrogen) atoms. The van der Waals surface area contributed by atoms with E-state index in [9.17, 15) is 17.9 Å². The minimum atomic E-state index is -3.90. The molecule has 1 aromatic heterocycles. The SMILES string of the molecule is O=S(=O)(NC(Oc1ccc(O)cc1)c1ccc(F)cn1)c1ccccc1. The van der Waals surface area contributed by atoms with Gasteiger partial charge in [-0.05, 0) is 48.5 Å². The first kappa shape index (κ1) is 17.8. The maximum absolute atomic E-state index is 13.2. The lowest BCUT2D eigenvalue weighted by Crippen LogP contribution is -2.32. The lowest BCUT2D eigenvalue weighted by atomic mass is 10.3. The number of hydrogen-bond acceptors (Lipinski definition) is 5. The first-order valence-corrected chi connectivity index (χ1v) is 9.07. The highest BCUT2D eigenvalue weighted by Crippen LogP contribution is 2.23. The number of rotatable bonds is 6. The molecule has 0 saturated carbocycles. The smallest absolute Gasteiger partial charge is 0.243 e. The molecule has 1 heterocycles. The normalized spacial score (nSPS) is 12.5. The van der Waals surface area contributed by atoms with Gasteiger partial charge in [0, 0.05) is 0 Å². The summed E-state index contributed by atoms with van der Waals surface area (Å²) >= 11 is 0. The molecule has 0 radical (unpaired) electrons. The summed E-state index contributed by atoms with van der Waals surface area (Å²) in [6, 6.07) is 16.0. The highest BCUT2D eigenvalue weighted by Gasteiger charge is 2.24. The minimum Gasteiger partial charge on any atom is -0.508 e. The number of ether oxygens (including phenoxy) is 1. The largest absolute Gasteiger partial charge is 0.508 e. The lowest BCUT2D eigenvalue weighted by molar-refractivity contribution is 0.189. The number of sulfonamides is 1. The molecule has 0 bridgehead atoms.